The van der Waals surface area contributed by atoms with Crippen LogP contribution in [0.15, 0.2) is 18.2 Å². The van der Waals surface area contributed by atoms with Gasteiger partial charge in [-0.05, 0) is 55.9 Å². The number of hydrogen-bond donors (Lipinski definition) is 2. The minimum atomic E-state index is -0.756. The first kappa shape index (κ1) is 13.9. The van der Waals surface area contributed by atoms with E-state index in [-0.39, 0.29) is 0 Å². The van der Waals surface area contributed by atoms with Crippen LogP contribution >= 0.6 is 0 Å². The van der Waals surface area contributed by atoms with Crippen LogP contribution in [-0.2, 0) is 4.79 Å². The van der Waals surface area contributed by atoms with Crippen molar-refractivity contribution in [1.29, 1.82) is 0 Å². The van der Waals surface area contributed by atoms with Gasteiger partial charge in [-0.15, -0.1) is 0 Å². The highest BCUT2D eigenvalue weighted by Gasteiger charge is 2.35. The van der Waals surface area contributed by atoms with Crippen molar-refractivity contribution in [3.05, 3.63) is 29.3 Å². The van der Waals surface area contributed by atoms with Crippen molar-refractivity contribution < 1.29 is 14.6 Å². The van der Waals surface area contributed by atoms with Gasteiger partial charge in [0.25, 0.3) is 0 Å². The lowest BCUT2D eigenvalue weighted by Gasteiger charge is -2.14. The van der Waals surface area contributed by atoms with E-state index < -0.39 is 12.0 Å². The lowest BCUT2D eigenvalue weighted by Crippen LogP contribution is -2.40. The van der Waals surface area contributed by atoms with Gasteiger partial charge in [0.15, 0.2) is 0 Å². The Morgan fingerprint density at radius 2 is 2.00 bits per heavy atom. The molecule has 0 radical (unpaired) electrons. The molecule has 0 spiro atoms. The lowest BCUT2D eigenvalue weighted by atomic mass is 10.1. The van der Waals surface area contributed by atoms with E-state index in [4.69, 9.17) is 9.84 Å². The van der Waals surface area contributed by atoms with Gasteiger partial charge in [0.1, 0.15) is 18.4 Å². The van der Waals surface area contributed by atoms with Gasteiger partial charge in [-0.25, -0.2) is 0 Å². The summed E-state index contributed by atoms with van der Waals surface area (Å²) in [6.07, 6.45) is 2.03. The lowest BCUT2D eigenvalue weighted by molar-refractivity contribution is -0.140. The predicted molar refractivity (Wildman–Crippen MR) is 73.6 cm³/mol. The molecule has 2 rings (SSSR count). The molecule has 0 amide bonds. The fourth-order valence-corrected chi connectivity index (χ4v) is 2.28. The molecule has 1 aliphatic rings. The van der Waals surface area contributed by atoms with Crippen molar-refractivity contribution in [2.24, 2.45) is 5.92 Å². The van der Waals surface area contributed by atoms with Crippen LogP contribution in [0.3, 0.4) is 0 Å². The highest BCUT2D eigenvalue weighted by atomic mass is 16.5. The molecule has 4 nitrogen and oxygen atoms in total. The van der Waals surface area contributed by atoms with Crippen molar-refractivity contribution in [2.45, 2.75) is 32.7 Å². The summed E-state index contributed by atoms with van der Waals surface area (Å²) < 4.78 is 5.64. The van der Waals surface area contributed by atoms with E-state index in [0.29, 0.717) is 19.1 Å². The molecule has 0 heterocycles. The Hall–Kier alpha value is -1.55. The van der Waals surface area contributed by atoms with E-state index in [9.17, 15) is 4.79 Å². The molecule has 0 bridgehead atoms. The van der Waals surface area contributed by atoms with Gasteiger partial charge < -0.3 is 15.2 Å². The van der Waals surface area contributed by atoms with E-state index in [1.165, 1.54) is 11.1 Å². The highest BCUT2D eigenvalue weighted by Crippen LogP contribution is 2.32. The number of carboxylic acid groups (broad SMARTS) is 1. The fourth-order valence-electron chi connectivity index (χ4n) is 2.28. The van der Waals surface area contributed by atoms with Crippen LogP contribution in [-0.4, -0.2) is 30.3 Å². The number of carboxylic acids is 1. The fraction of sp³-hybridized carbons (Fsp3) is 0.533. The zero-order chi connectivity index (χ0) is 13.8. The van der Waals surface area contributed by atoms with Gasteiger partial charge in [-0.3, -0.25) is 4.79 Å². The molecule has 1 aromatic carbocycles. The third kappa shape index (κ3) is 4.24. The quantitative estimate of drug-likeness (QED) is 0.740. The number of aliphatic carboxylic acids is 1. The topological polar surface area (TPSA) is 58.6 Å². The first-order valence-electron chi connectivity index (χ1n) is 6.73. The van der Waals surface area contributed by atoms with Crippen LogP contribution in [0, 0.1) is 19.8 Å². The molecule has 1 unspecified atom stereocenters. The third-order valence-electron chi connectivity index (χ3n) is 3.29. The average molecular weight is 263 g/mol. The van der Waals surface area contributed by atoms with Crippen LogP contribution < -0.4 is 10.1 Å². The molecule has 1 fully saturated rings. The van der Waals surface area contributed by atoms with Crippen LogP contribution in [0.25, 0.3) is 0 Å². The van der Waals surface area contributed by atoms with Crippen molar-refractivity contribution in [3.63, 3.8) is 0 Å². The van der Waals surface area contributed by atoms with E-state index in [2.05, 4.69) is 11.4 Å². The van der Waals surface area contributed by atoms with Gasteiger partial charge in [0, 0.05) is 6.54 Å². The Labute approximate surface area is 113 Å². The Kier molecular flexibility index (Phi) is 4.43. The van der Waals surface area contributed by atoms with Crippen molar-refractivity contribution in [3.8, 4) is 5.75 Å². The molecule has 1 aromatic rings. The zero-order valence-corrected chi connectivity index (χ0v) is 11.5. The molecule has 4 heteroatoms. The van der Waals surface area contributed by atoms with Crippen LogP contribution in [0.4, 0.5) is 0 Å². The van der Waals surface area contributed by atoms with Crippen molar-refractivity contribution in [2.75, 3.05) is 13.2 Å². The highest BCUT2D eigenvalue weighted by molar-refractivity contribution is 5.74. The van der Waals surface area contributed by atoms with Crippen molar-refractivity contribution >= 4 is 5.97 Å². The molecule has 0 aliphatic heterocycles. The Morgan fingerprint density at radius 3 is 2.53 bits per heavy atom. The smallest absolute Gasteiger partial charge is 0.320 e. The van der Waals surface area contributed by atoms with E-state index >= 15 is 0 Å². The summed E-state index contributed by atoms with van der Waals surface area (Å²) in [6, 6.07) is 5.66. The molecule has 2 N–H and O–H groups in total. The first-order valence-corrected chi connectivity index (χ1v) is 6.73. The maximum absolute atomic E-state index is 11.0. The molecule has 104 valence electrons. The van der Waals surface area contributed by atoms with E-state index in [0.717, 1.165) is 18.6 Å². The Balaban J connectivity index is 1.75. The van der Waals surface area contributed by atoms with Gasteiger partial charge in [-0.1, -0.05) is 6.07 Å². The molecule has 1 saturated carbocycles. The zero-order valence-electron chi connectivity index (χ0n) is 11.5. The molecular formula is C15H21NO3. The minimum absolute atomic E-state index is 0.304. The Bertz CT molecular complexity index is 434. The normalized spacial score (nSPS) is 16.1. The second-order valence-electron chi connectivity index (χ2n) is 5.28. The molecule has 1 aliphatic carbocycles. The van der Waals surface area contributed by atoms with Gasteiger partial charge in [-0.2, -0.15) is 0 Å². The molecular weight excluding hydrogens is 242 g/mol. The summed E-state index contributed by atoms with van der Waals surface area (Å²) in [4.78, 5) is 11.0. The maximum Gasteiger partial charge on any atom is 0.320 e. The number of rotatable bonds is 7. The summed E-state index contributed by atoms with van der Waals surface area (Å²) in [7, 11) is 0. The third-order valence-corrected chi connectivity index (χ3v) is 3.29. The minimum Gasteiger partial charge on any atom is -0.492 e. The summed E-state index contributed by atoms with van der Waals surface area (Å²) >= 11 is 0. The number of ether oxygens (including phenoxy) is 1. The Morgan fingerprint density at radius 1 is 1.37 bits per heavy atom. The standard InChI is InChI=1S/C15H21NO3/c1-10-7-11(2)9-13(8-10)19-6-5-16-14(15(17)18)12-3-4-12/h7-9,12,14,16H,3-6H2,1-2H3,(H,17,18). The second kappa shape index (κ2) is 6.06. The van der Waals surface area contributed by atoms with Crippen LogP contribution in [0.1, 0.15) is 24.0 Å². The first-order chi connectivity index (χ1) is 9.06. The largest absolute Gasteiger partial charge is 0.492 e. The number of nitrogens with one attached hydrogen (secondary N) is 1. The van der Waals surface area contributed by atoms with Crippen LogP contribution in [0.2, 0.25) is 0 Å². The maximum atomic E-state index is 11.0. The average Bonchev–Trinajstić information content (AvgIpc) is 3.11. The molecule has 0 aromatic heterocycles. The summed E-state index contributed by atoms with van der Waals surface area (Å²) in [5, 5.41) is 12.1. The number of benzene rings is 1. The SMILES string of the molecule is Cc1cc(C)cc(OCCNC(C(=O)O)C2CC2)c1. The predicted octanol–water partition coefficient (Wildman–Crippen LogP) is 2.14. The van der Waals surface area contributed by atoms with Crippen molar-refractivity contribution in [1.82, 2.24) is 5.32 Å². The van der Waals surface area contributed by atoms with Gasteiger partial charge in [0.05, 0.1) is 0 Å². The second-order valence-corrected chi connectivity index (χ2v) is 5.28. The monoisotopic (exact) mass is 263 g/mol. The molecule has 19 heavy (non-hydrogen) atoms. The number of aryl methyl sites for hydroxylation is 2. The summed E-state index contributed by atoms with van der Waals surface area (Å²) in [6.45, 7) is 5.11. The van der Waals surface area contributed by atoms with Gasteiger partial charge >= 0.3 is 5.97 Å². The van der Waals surface area contributed by atoms with E-state index in [1.54, 1.807) is 0 Å². The van der Waals surface area contributed by atoms with E-state index in [1.807, 2.05) is 26.0 Å². The molecule has 0 saturated heterocycles. The summed E-state index contributed by atoms with van der Waals surface area (Å²) in [5.41, 5.74) is 2.34. The number of hydrogen-bond acceptors (Lipinski definition) is 3. The summed E-state index contributed by atoms with van der Waals surface area (Å²) in [5.74, 6) is 0.394. The number of carbonyl (C=O) groups is 1. The van der Waals surface area contributed by atoms with Gasteiger partial charge in [0.2, 0.25) is 0 Å². The molecule has 1 atom stereocenters. The van der Waals surface area contributed by atoms with Crippen LogP contribution in [0.5, 0.6) is 5.75 Å².